The first kappa shape index (κ1) is 25.2. The van der Waals surface area contributed by atoms with Crippen molar-refractivity contribution in [1.29, 1.82) is 0 Å². The molecule has 1 unspecified atom stereocenters. The van der Waals surface area contributed by atoms with Gasteiger partial charge < -0.3 is 0 Å². The number of carbonyl (C=O) groups excluding carboxylic acids is 1. The Bertz CT molecular complexity index is 319. The van der Waals surface area contributed by atoms with Crippen molar-refractivity contribution in [3.8, 4) is 0 Å². The number of carbonyl (C=O) groups is 1. The van der Waals surface area contributed by atoms with Crippen LogP contribution in [0.4, 0.5) is 0 Å². The molecule has 5 heteroatoms. The molecule has 0 aromatic rings. The van der Waals surface area contributed by atoms with Crippen LogP contribution in [0.3, 0.4) is 0 Å². The van der Waals surface area contributed by atoms with Gasteiger partial charge in [0.05, 0.1) is 6.42 Å². The molecule has 0 aliphatic carbocycles. The van der Waals surface area contributed by atoms with Gasteiger partial charge in [-0.3, -0.25) is 0 Å². The summed E-state index contributed by atoms with van der Waals surface area (Å²) in [5.41, 5.74) is -0.507. The molecule has 0 aliphatic rings. The Morgan fingerprint density at radius 3 is 1.74 bits per heavy atom. The van der Waals surface area contributed by atoms with Gasteiger partial charge in [-0.25, -0.2) is 4.79 Å². The fourth-order valence-corrected chi connectivity index (χ4v) is 2.79. The van der Waals surface area contributed by atoms with Crippen molar-refractivity contribution in [2.45, 2.75) is 96.8 Å². The Labute approximate surface area is 154 Å². The third-order valence-corrected chi connectivity index (χ3v) is 4.52. The van der Waals surface area contributed by atoms with Crippen molar-refractivity contribution in [3.63, 3.8) is 0 Å². The van der Waals surface area contributed by atoms with Crippen molar-refractivity contribution in [3.05, 3.63) is 12.2 Å². The summed E-state index contributed by atoms with van der Waals surface area (Å²) in [4.78, 5) is 19.5. The van der Waals surface area contributed by atoms with E-state index in [2.05, 4.69) is 19.1 Å². The molecule has 0 radical (unpaired) electrons. The van der Waals surface area contributed by atoms with Gasteiger partial charge in [-0.05, 0) is 36.7 Å². The summed E-state index contributed by atoms with van der Waals surface area (Å²) >= 11 is 0. The molecule has 0 heterocycles. The van der Waals surface area contributed by atoms with Gasteiger partial charge in [0.2, 0.25) is 0 Å². The Hall–Kier alpha value is -0.0105. The molecule has 0 aromatic carbocycles. The second kappa shape index (κ2) is 20.0. The fourth-order valence-electron chi connectivity index (χ4n) is 2.44. The maximum Gasteiger partial charge on any atom is 0.584 e. The molecule has 23 heavy (non-hydrogen) atoms. The van der Waals surface area contributed by atoms with Crippen LogP contribution >= 0.6 is 8.03 Å². The predicted molar refractivity (Wildman–Crippen MR) is 94.3 cm³/mol. The zero-order valence-corrected chi connectivity index (χ0v) is 16.6. The van der Waals surface area contributed by atoms with Gasteiger partial charge >= 0.3 is 13.6 Å². The van der Waals surface area contributed by atoms with Crippen LogP contribution in [0.5, 0.6) is 0 Å². The number of rotatable bonds is 16. The molecule has 0 amide bonds. The van der Waals surface area contributed by atoms with Gasteiger partial charge in [0.25, 0.3) is 0 Å². The maximum atomic E-state index is 10.9. The standard InChI is InChI=1S/C18H33O3P.Fe/c1-2-3-4-5-6-7-8-9-10-11-12-13-14-15-16-17-18(19)22(20)21;/h9-10H,2-8,11-17H2,1H3;/p+1. The van der Waals surface area contributed by atoms with Crippen LogP contribution < -0.4 is 0 Å². The van der Waals surface area contributed by atoms with Crippen molar-refractivity contribution in [2.75, 3.05) is 0 Å². The molecular formula is C18H34FeO3P+. The second-order valence-corrected chi connectivity index (χ2v) is 7.05. The van der Waals surface area contributed by atoms with E-state index in [-0.39, 0.29) is 23.5 Å². The van der Waals surface area contributed by atoms with Crippen LogP contribution in [0.25, 0.3) is 0 Å². The zero-order valence-electron chi connectivity index (χ0n) is 14.6. The largest absolute Gasteiger partial charge is 0.584 e. The van der Waals surface area contributed by atoms with Crippen molar-refractivity contribution < 1.29 is 31.3 Å². The van der Waals surface area contributed by atoms with E-state index in [1.807, 2.05) is 0 Å². The summed E-state index contributed by atoms with van der Waals surface area (Å²) in [6.07, 6.45) is 20.6. The van der Waals surface area contributed by atoms with Gasteiger partial charge in [0, 0.05) is 17.1 Å². The molecule has 3 nitrogen and oxygen atoms in total. The SMILES string of the molecule is CCCCCCCCC=CCCCCCCCC(=O)[P+](=O)O.[Fe]. The number of unbranched alkanes of at least 4 members (excludes halogenated alkanes) is 11. The zero-order chi connectivity index (χ0) is 16.5. The maximum absolute atomic E-state index is 10.9. The van der Waals surface area contributed by atoms with Gasteiger partial charge in [0.15, 0.2) is 0 Å². The molecule has 0 spiro atoms. The minimum atomic E-state index is -2.60. The molecule has 0 saturated heterocycles. The number of hydrogen-bond donors (Lipinski definition) is 1. The third-order valence-electron chi connectivity index (χ3n) is 3.87. The van der Waals surface area contributed by atoms with Gasteiger partial charge in [0.1, 0.15) is 0 Å². The summed E-state index contributed by atoms with van der Waals surface area (Å²) in [6, 6.07) is 0. The average molecular weight is 385 g/mol. The van der Waals surface area contributed by atoms with Gasteiger partial charge in [-0.2, -0.15) is 4.89 Å². The first-order valence-electron chi connectivity index (χ1n) is 9.02. The molecule has 0 aliphatic heterocycles. The molecule has 0 fully saturated rings. The Morgan fingerprint density at radius 1 is 0.826 bits per heavy atom. The third kappa shape index (κ3) is 19.9. The minimum absolute atomic E-state index is 0. The molecular weight excluding hydrogens is 351 g/mol. The smallest absolute Gasteiger partial charge is 0.237 e. The molecule has 1 atom stereocenters. The molecule has 0 saturated carbocycles. The van der Waals surface area contributed by atoms with Crippen LogP contribution in [0.1, 0.15) is 96.8 Å². The Balaban J connectivity index is 0. The van der Waals surface area contributed by atoms with Crippen molar-refractivity contribution >= 4 is 13.6 Å². The fraction of sp³-hybridized carbons (Fsp3) is 0.833. The molecule has 136 valence electrons. The van der Waals surface area contributed by atoms with Crippen LogP contribution in [-0.2, 0) is 26.4 Å². The van der Waals surface area contributed by atoms with Crippen LogP contribution in [0.2, 0.25) is 0 Å². The number of allylic oxidation sites excluding steroid dienone is 2. The topological polar surface area (TPSA) is 54.4 Å². The molecule has 0 bridgehead atoms. The summed E-state index contributed by atoms with van der Waals surface area (Å²) in [5.74, 6) is 0. The monoisotopic (exact) mass is 385 g/mol. The van der Waals surface area contributed by atoms with E-state index in [9.17, 15) is 9.36 Å². The summed E-state index contributed by atoms with van der Waals surface area (Å²) < 4.78 is 10.5. The number of hydrogen-bond acceptors (Lipinski definition) is 2. The van der Waals surface area contributed by atoms with E-state index in [4.69, 9.17) is 4.89 Å². The molecule has 1 N–H and O–H groups in total. The summed E-state index contributed by atoms with van der Waals surface area (Å²) in [6.45, 7) is 2.25. The van der Waals surface area contributed by atoms with E-state index in [0.717, 1.165) is 25.7 Å². The summed E-state index contributed by atoms with van der Waals surface area (Å²) in [5, 5.41) is 0. The Kier molecular flexibility index (Phi) is 22.0. The van der Waals surface area contributed by atoms with E-state index >= 15 is 0 Å². The average Bonchev–Trinajstić information content (AvgIpc) is 2.50. The Morgan fingerprint density at radius 2 is 1.26 bits per heavy atom. The van der Waals surface area contributed by atoms with Crippen molar-refractivity contribution in [1.82, 2.24) is 0 Å². The van der Waals surface area contributed by atoms with Crippen LogP contribution in [0.15, 0.2) is 12.2 Å². The summed E-state index contributed by atoms with van der Waals surface area (Å²) in [7, 11) is -2.60. The van der Waals surface area contributed by atoms with Crippen LogP contribution in [-0.4, -0.2) is 10.4 Å². The van der Waals surface area contributed by atoms with Gasteiger partial charge in [-0.1, -0.05) is 70.4 Å². The quantitative estimate of drug-likeness (QED) is 0.147. The van der Waals surface area contributed by atoms with Crippen LogP contribution in [0, 0.1) is 0 Å². The van der Waals surface area contributed by atoms with Crippen molar-refractivity contribution in [2.24, 2.45) is 0 Å². The van der Waals surface area contributed by atoms with E-state index in [1.165, 1.54) is 57.8 Å². The van der Waals surface area contributed by atoms with Gasteiger partial charge in [-0.15, -0.1) is 0 Å². The first-order valence-corrected chi connectivity index (χ1v) is 10.2. The molecule has 0 aromatic heterocycles. The normalized spacial score (nSPS) is 11.5. The predicted octanol–water partition coefficient (Wildman–Crippen LogP) is 6.28. The minimum Gasteiger partial charge on any atom is -0.237 e. The van der Waals surface area contributed by atoms with E-state index in [1.54, 1.807) is 0 Å². The molecule has 0 rings (SSSR count). The second-order valence-electron chi connectivity index (χ2n) is 6.00. The van der Waals surface area contributed by atoms with E-state index in [0.29, 0.717) is 0 Å². The van der Waals surface area contributed by atoms with E-state index < -0.39 is 13.6 Å². The first-order chi connectivity index (χ1) is 10.7.